The molecule has 1 fully saturated rings. The number of amides is 1. The second-order valence-corrected chi connectivity index (χ2v) is 4.07. The van der Waals surface area contributed by atoms with Crippen molar-refractivity contribution in [1.29, 1.82) is 0 Å². The van der Waals surface area contributed by atoms with E-state index in [1.807, 2.05) is 6.07 Å². The van der Waals surface area contributed by atoms with Crippen LogP contribution in [0.5, 0.6) is 0 Å². The summed E-state index contributed by atoms with van der Waals surface area (Å²) in [5.41, 5.74) is 3.22. The van der Waals surface area contributed by atoms with Crippen LogP contribution in [0, 0.1) is 0 Å². The first-order chi connectivity index (χ1) is 8.24. The van der Waals surface area contributed by atoms with Crippen LogP contribution in [0.3, 0.4) is 0 Å². The van der Waals surface area contributed by atoms with Gasteiger partial charge in [0, 0.05) is 30.1 Å². The molecule has 5 nitrogen and oxygen atoms in total. The summed E-state index contributed by atoms with van der Waals surface area (Å²) in [6.07, 6.45) is 3.47. The van der Waals surface area contributed by atoms with Crippen molar-refractivity contribution < 1.29 is 9.53 Å². The van der Waals surface area contributed by atoms with Crippen LogP contribution in [0.25, 0.3) is 0 Å². The number of rotatable bonds is 1. The fourth-order valence-electron chi connectivity index (χ4n) is 1.99. The van der Waals surface area contributed by atoms with Gasteiger partial charge in [-0.25, -0.2) is 0 Å². The maximum absolute atomic E-state index is 11.7. The third kappa shape index (κ3) is 1.74. The van der Waals surface area contributed by atoms with E-state index < -0.39 is 6.10 Å². The van der Waals surface area contributed by atoms with Crippen molar-refractivity contribution >= 4 is 17.3 Å². The maximum atomic E-state index is 11.7. The molecule has 0 saturated carbocycles. The number of carbonyl (C=O) groups is 1. The van der Waals surface area contributed by atoms with Gasteiger partial charge in [0.2, 0.25) is 0 Å². The van der Waals surface area contributed by atoms with Gasteiger partial charge in [0.1, 0.15) is 0 Å². The van der Waals surface area contributed by atoms with Crippen LogP contribution in [-0.2, 0) is 16.0 Å². The van der Waals surface area contributed by atoms with Crippen molar-refractivity contribution in [2.75, 3.05) is 6.61 Å². The van der Waals surface area contributed by atoms with Crippen LogP contribution in [0.4, 0.5) is 5.69 Å². The van der Waals surface area contributed by atoms with Gasteiger partial charge in [0.15, 0.2) is 6.10 Å². The highest BCUT2D eigenvalue weighted by molar-refractivity contribution is 6.11. The Labute approximate surface area is 98.2 Å². The van der Waals surface area contributed by atoms with Gasteiger partial charge in [-0.2, -0.15) is 0 Å². The maximum Gasteiger partial charge on any atom is 0.259 e. The molecule has 1 saturated heterocycles. The van der Waals surface area contributed by atoms with E-state index in [2.05, 4.69) is 21.9 Å². The number of morpholine rings is 1. The summed E-state index contributed by atoms with van der Waals surface area (Å²) in [6.45, 7) is 4.00. The van der Waals surface area contributed by atoms with Crippen LogP contribution in [0.15, 0.2) is 35.7 Å². The van der Waals surface area contributed by atoms with Crippen molar-refractivity contribution in [3.63, 3.8) is 0 Å². The van der Waals surface area contributed by atoms with Crippen molar-refractivity contribution in [2.24, 2.45) is 4.99 Å². The number of fused-ring (bicyclic) bond motifs is 1. The molecular formula is C12H11N3O2. The highest BCUT2D eigenvalue weighted by Crippen LogP contribution is 2.27. The quantitative estimate of drug-likeness (QED) is 0.772. The second-order valence-electron chi connectivity index (χ2n) is 4.07. The van der Waals surface area contributed by atoms with Gasteiger partial charge in [-0.1, -0.05) is 6.58 Å². The smallest absolute Gasteiger partial charge is 0.259 e. The summed E-state index contributed by atoms with van der Waals surface area (Å²) >= 11 is 0. The molecule has 1 aromatic heterocycles. The standard InChI is InChI=1S/C12H11N3O2/c1-7-6-17-11(12(16)14-7)10-4-8-5-13-3-2-9(8)15-10/h2-3,5,11H,1,4,6H2,(H,14,16). The van der Waals surface area contributed by atoms with Gasteiger partial charge in [0.25, 0.3) is 5.91 Å². The lowest BCUT2D eigenvalue weighted by molar-refractivity contribution is -0.130. The molecule has 0 radical (unpaired) electrons. The predicted molar refractivity (Wildman–Crippen MR) is 62.1 cm³/mol. The molecule has 0 bridgehead atoms. The van der Waals surface area contributed by atoms with E-state index in [-0.39, 0.29) is 5.91 Å². The number of nitrogens with zero attached hydrogens (tertiary/aromatic N) is 2. The summed E-state index contributed by atoms with van der Waals surface area (Å²) in [6, 6.07) is 1.84. The van der Waals surface area contributed by atoms with E-state index in [4.69, 9.17) is 4.74 Å². The molecule has 2 aliphatic heterocycles. The average molecular weight is 229 g/mol. The van der Waals surface area contributed by atoms with Crippen molar-refractivity contribution in [3.8, 4) is 0 Å². The summed E-state index contributed by atoms with van der Waals surface area (Å²) in [7, 11) is 0. The lowest BCUT2D eigenvalue weighted by Gasteiger charge is -2.24. The topological polar surface area (TPSA) is 63.6 Å². The van der Waals surface area contributed by atoms with E-state index in [9.17, 15) is 4.79 Å². The van der Waals surface area contributed by atoms with Gasteiger partial charge in [-0.15, -0.1) is 0 Å². The molecule has 1 N–H and O–H groups in total. The Balaban J connectivity index is 1.84. The first kappa shape index (κ1) is 10.2. The Morgan fingerprint density at radius 3 is 3.18 bits per heavy atom. The summed E-state index contributed by atoms with van der Waals surface area (Å²) < 4.78 is 5.45. The molecule has 1 unspecified atom stereocenters. The van der Waals surface area contributed by atoms with Crippen molar-refractivity contribution in [1.82, 2.24) is 10.3 Å². The molecule has 3 rings (SSSR count). The number of aromatic nitrogens is 1. The third-order valence-electron chi connectivity index (χ3n) is 2.78. The predicted octanol–water partition coefficient (Wildman–Crippen LogP) is 0.739. The number of hydrogen-bond donors (Lipinski definition) is 1. The Bertz CT molecular complexity index is 536. The largest absolute Gasteiger partial charge is 0.356 e. The normalized spacial score (nSPS) is 23.1. The van der Waals surface area contributed by atoms with E-state index in [0.29, 0.717) is 18.7 Å². The zero-order valence-corrected chi connectivity index (χ0v) is 9.14. The van der Waals surface area contributed by atoms with Crippen molar-refractivity contribution in [2.45, 2.75) is 12.5 Å². The van der Waals surface area contributed by atoms with E-state index in [1.165, 1.54) is 0 Å². The molecule has 0 spiro atoms. The Morgan fingerprint density at radius 2 is 2.41 bits per heavy atom. The second kappa shape index (κ2) is 3.78. The first-order valence-corrected chi connectivity index (χ1v) is 5.34. The van der Waals surface area contributed by atoms with E-state index >= 15 is 0 Å². The summed E-state index contributed by atoms with van der Waals surface area (Å²) in [4.78, 5) is 20.2. The Hall–Kier alpha value is -2.01. The first-order valence-electron chi connectivity index (χ1n) is 5.34. The fraction of sp³-hybridized carbons (Fsp3) is 0.250. The molecule has 5 heteroatoms. The molecule has 1 atom stereocenters. The van der Waals surface area contributed by atoms with E-state index in [1.54, 1.807) is 12.4 Å². The fourth-order valence-corrected chi connectivity index (χ4v) is 1.99. The molecule has 0 aromatic carbocycles. The minimum absolute atomic E-state index is 0.194. The van der Waals surface area contributed by atoms with Crippen molar-refractivity contribution in [3.05, 3.63) is 36.3 Å². The van der Waals surface area contributed by atoms with Gasteiger partial charge in [0.05, 0.1) is 18.0 Å². The lowest BCUT2D eigenvalue weighted by atomic mass is 10.1. The Kier molecular flexibility index (Phi) is 2.26. The number of hydrogen-bond acceptors (Lipinski definition) is 4. The molecule has 2 aliphatic rings. The molecule has 3 heterocycles. The minimum Gasteiger partial charge on any atom is -0.356 e. The molecule has 1 aromatic rings. The number of nitrogens with one attached hydrogen (secondary N) is 1. The van der Waals surface area contributed by atoms with Gasteiger partial charge >= 0.3 is 0 Å². The number of carbonyl (C=O) groups excluding carboxylic acids is 1. The van der Waals surface area contributed by atoms with E-state index in [0.717, 1.165) is 17.0 Å². The lowest BCUT2D eigenvalue weighted by Crippen LogP contribution is -2.47. The molecule has 17 heavy (non-hydrogen) atoms. The third-order valence-corrected chi connectivity index (χ3v) is 2.78. The highest BCUT2D eigenvalue weighted by Gasteiger charge is 2.32. The summed E-state index contributed by atoms with van der Waals surface area (Å²) in [5, 5.41) is 2.68. The van der Waals surface area contributed by atoms with Crippen LogP contribution >= 0.6 is 0 Å². The van der Waals surface area contributed by atoms with Gasteiger partial charge in [-0.05, 0) is 6.07 Å². The number of pyridine rings is 1. The zero-order chi connectivity index (χ0) is 11.8. The molecule has 1 amide bonds. The molecular weight excluding hydrogens is 218 g/mol. The van der Waals surface area contributed by atoms with Gasteiger partial charge < -0.3 is 10.1 Å². The average Bonchev–Trinajstić information content (AvgIpc) is 2.72. The number of ether oxygens (including phenoxy) is 1. The van der Waals surface area contributed by atoms with Crippen LogP contribution in [0.1, 0.15) is 5.56 Å². The van der Waals surface area contributed by atoms with Crippen LogP contribution < -0.4 is 5.32 Å². The Morgan fingerprint density at radius 1 is 1.53 bits per heavy atom. The monoisotopic (exact) mass is 229 g/mol. The SMILES string of the molecule is C=C1COC(C2=Nc3ccncc3C2)C(=O)N1. The van der Waals surface area contributed by atoms with Crippen LogP contribution in [0.2, 0.25) is 0 Å². The van der Waals surface area contributed by atoms with Gasteiger partial charge in [-0.3, -0.25) is 14.8 Å². The molecule has 86 valence electrons. The zero-order valence-electron chi connectivity index (χ0n) is 9.14. The number of aliphatic imine (C=N–C) groups is 1. The minimum atomic E-state index is -0.604. The van der Waals surface area contributed by atoms with Crippen LogP contribution in [-0.4, -0.2) is 29.3 Å². The summed E-state index contributed by atoms with van der Waals surface area (Å²) in [5.74, 6) is -0.194. The molecule has 0 aliphatic carbocycles. The highest BCUT2D eigenvalue weighted by atomic mass is 16.5.